The van der Waals surface area contributed by atoms with Crippen LogP contribution in [0.25, 0.3) is 0 Å². The largest absolute Gasteiger partial charge is 0.462 e. The second-order valence-electron chi connectivity index (χ2n) is 6.61. The fourth-order valence-corrected chi connectivity index (χ4v) is 4.10. The van der Waals surface area contributed by atoms with Crippen LogP contribution in [0.3, 0.4) is 0 Å². The number of carbonyl (C=O) groups is 2. The maximum absolute atomic E-state index is 11.7. The summed E-state index contributed by atoms with van der Waals surface area (Å²) in [6.07, 6.45) is 2.38. The van der Waals surface area contributed by atoms with Gasteiger partial charge in [0.25, 0.3) is 0 Å². The molecule has 4 heteroatoms. The van der Waals surface area contributed by atoms with E-state index in [-0.39, 0.29) is 36.0 Å². The van der Waals surface area contributed by atoms with Gasteiger partial charge in [0, 0.05) is 30.8 Å². The molecule has 0 aromatic heterocycles. The lowest BCUT2D eigenvalue weighted by atomic mass is 9.86. The predicted octanol–water partition coefficient (Wildman–Crippen LogP) is 2.78. The average Bonchev–Trinajstić information content (AvgIpc) is 2.78. The molecule has 5 unspecified atom stereocenters. The van der Waals surface area contributed by atoms with Crippen LogP contribution in [0.15, 0.2) is 23.3 Å². The minimum absolute atomic E-state index is 0.0371. The van der Waals surface area contributed by atoms with E-state index in [1.54, 1.807) is 0 Å². The standard InChI is InChI=1S/C17H22O4/c1-8-5-16-14(10(3)17(19)21-16)6-13-9(2)15(7-12(8)13)20-11(4)18/h8-9,14-16H,3,5-7H2,1-2,4H3. The van der Waals surface area contributed by atoms with Crippen LogP contribution in [0, 0.1) is 17.8 Å². The number of esters is 2. The Morgan fingerprint density at radius 2 is 2.00 bits per heavy atom. The van der Waals surface area contributed by atoms with Crippen molar-refractivity contribution in [2.24, 2.45) is 17.8 Å². The SMILES string of the molecule is C=C1C(=O)OC2CC(C)C3=C(CC12)C(C)C(OC(C)=O)C3. The van der Waals surface area contributed by atoms with Gasteiger partial charge in [-0.05, 0) is 18.8 Å². The van der Waals surface area contributed by atoms with Gasteiger partial charge in [-0.2, -0.15) is 0 Å². The number of ether oxygens (including phenoxy) is 2. The summed E-state index contributed by atoms with van der Waals surface area (Å²) in [5, 5.41) is 0. The van der Waals surface area contributed by atoms with E-state index >= 15 is 0 Å². The first-order valence-corrected chi connectivity index (χ1v) is 7.67. The summed E-state index contributed by atoms with van der Waals surface area (Å²) in [6, 6.07) is 0. The fraction of sp³-hybridized carbons (Fsp3) is 0.647. The predicted molar refractivity (Wildman–Crippen MR) is 77.3 cm³/mol. The van der Waals surface area contributed by atoms with Crippen LogP contribution in [0.4, 0.5) is 0 Å². The number of carbonyl (C=O) groups excluding carboxylic acids is 2. The highest BCUT2D eigenvalue weighted by atomic mass is 16.6. The summed E-state index contributed by atoms with van der Waals surface area (Å²) in [7, 11) is 0. The zero-order valence-electron chi connectivity index (χ0n) is 12.8. The zero-order valence-corrected chi connectivity index (χ0v) is 12.8. The van der Waals surface area contributed by atoms with Gasteiger partial charge < -0.3 is 9.47 Å². The molecule has 1 saturated heterocycles. The van der Waals surface area contributed by atoms with Crippen molar-refractivity contribution in [3.05, 3.63) is 23.3 Å². The zero-order chi connectivity index (χ0) is 15.3. The van der Waals surface area contributed by atoms with Crippen LogP contribution in [-0.4, -0.2) is 24.1 Å². The molecule has 3 aliphatic rings. The summed E-state index contributed by atoms with van der Waals surface area (Å²) in [4.78, 5) is 23.0. The smallest absolute Gasteiger partial charge is 0.334 e. The van der Waals surface area contributed by atoms with Crippen molar-refractivity contribution in [3.63, 3.8) is 0 Å². The van der Waals surface area contributed by atoms with E-state index in [2.05, 4.69) is 20.4 Å². The third-order valence-corrected chi connectivity index (χ3v) is 5.30. The summed E-state index contributed by atoms with van der Waals surface area (Å²) >= 11 is 0. The molecule has 0 aromatic carbocycles. The minimum Gasteiger partial charge on any atom is -0.462 e. The van der Waals surface area contributed by atoms with Crippen molar-refractivity contribution in [3.8, 4) is 0 Å². The number of hydrogen-bond donors (Lipinski definition) is 0. The van der Waals surface area contributed by atoms with E-state index in [0.29, 0.717) is 11.5 Å². The Kier molecular flexibility index (Phi) is 3.42. The van der Waals surface area contributed by atoms with Gasteiger partial charge in [0.1, 0.15) is 12.2 Å². The molecule has 0 radical (unpaired) electrons. The maximum Gasteiger partial charge on any atom is 0.334 e. The summed E-state index contributed by atoms with van der Waals surface area (Å²) in [6.45, 7) is 9.66. The summed E-state index contributed by atoms with van der Waals surface area (Å²) in [5.41, 5.74) is 3.34. The van der Waals surface area contributed by atoms with Gasteiger partial charge in [0.2, 0.25) is 0 Å². The van der Waals surface area contributed by atoms with E-state index in [1.165, 1.54) is 18.1 Å². The molecule has 0 spiro atoms. The second kappa shape index (κ2) is 5.00. The number of fused-ring (bicyclic) bond motifs is 1. The van der Waals surface area contributed by atoms with Crippen LogP contribution in [0.5, 0.6) is 0 Å². The molecule has 21 heavy (non-hydrogen) atoms. The maximum atomic E-state index is 11.7. The Balaban J connectivity index is 1.86. The number of hydrogen-bond acceptors (Lipinski definition) is 4. The van der Waals surface area contributed by atoms with Gasteiger partial charge in [-0.15, -0.1) is 0 Å². The highest BCUT2D eigenvalue weighted by Gasteiger charge is 2.46. The topological polar surface area (TPSA) is 52.6 Å². The van der Waals surface area contributed by atoms with Crippen LogP contribution in [0.1, 0.15) is 40.0 Å². The first-order chi connectivity index (χ1) is 9.88. The van der Waals surface area contributed by atoms with Crippen molar-refractivity contribution < 1.29 is 19.1 Å². The van der Waals surface area contributed by atoms with E-state index in [0.717, 1.165) is 19.3 Å². The lowest BCUT2D eigenvalue weighted by Gasteiger charge is -2.22. The van der Waals surface area contributed by atoms with E-state index < -0.39 is 0 Å². The lowest BCUT2D eigenvalue weighted by Crippen LogP contribution is -2.24. The van der Waals surface area contributed by atoms with Gasteiger partial charge in [0.15, 0.2) is 0 Å². The Bertz CT molecular complexity index is 545. The van der Waals surface area contributed by atoms with Crippen molar-refractivity contribution in [2.75, 3.05) is 0 Å². The van der Waals surface area contributed by atoms with Crippen molar-refractivity contribution in [2.45, 2.75) is 52.2 Å². The molecule has 3 rings (SSSR count). The van der Waals surface area contributed by atoms with Crippen LogP contribution in [0.2, 0.25) is 0 Å². The van der Waals surface area contributed by atoms with E-state index in [1.807, 2.05) is 0 Å². The molecule has 114 valence electrons. The van der Waals surface area contributed by atoms with Crippen molar-refractivity contribution in [1.29, 1.82) is 0 Å². The highest BCUT2D eigenvalue weighted by Crippen LogP contribution is 2.48. The van der Waals surface area contributed by atoms with E-state index in [4.69, 9.17) is 9.47 Å². The summed E-state index contributed by atoms with van der Waals surface area (Å²) < 4.78 is 10.9. The third kappa shape index (κ3) is 2.30. The van der Waals surface area contributed by atoms with Gasteiger partial charge >= 0.3 is 11.9 Å². The molecule has 0 amide bonds. The minimum atomic E-state index is -0.247. The number of rotatable bonds is 1. The first kappa shape index (κ1) is 14.4. The second-order valence-corrected chi connectivity index (χ2v) is 6.61. The quantitative estimate of drug-likeness (QED) is 0.423. The van der Waals surface area contributed by atoms with Gasteiger partial charge in [0.05, 0.1) is 0 Å². The molecule has 1 fully saturated rings. The Labute approximate surface area is 125 Å². The molecular formula is C17H22O4. The molecule has 2 aliphatic carbocycles. The van der Waals surface area contributed by atoms with Crippen LogP contribution in [-0.2, 0) is 19.1 Å². The normalized spacial score (nSPS) is 38.7. The molecule has 5 atom stereocenters. The Hall–Kier alpha value is -1.58. The van der Waals surface area contributed by atoms with Crippen LogP contribution >= 0.6 is 0 Å². The monoisotopic (exact) mass is 290 g/mol. The summed E-state index contributed by atoms with van der Waals surface area (Å²) in [5.74, 6) is 0.193. The third-order valence-electron chi connectivity index (χ3n) is 5.30. The first-order valence-electron chi connectivity index (χ1n) is 7.67. The average molecular weight is 290 g/mol. The molecule has 4 nitrogen and oxygen atoms in total. The van der Waals surface area contributed by atoms with Crippen molar-refractivity contribution in [1.82, 2.24) is 0 Å². The molecule has 1 aliphatic heterocycles. The van der Waals surface area contributed by atoms with E-state index in [9.17, 15) is 9.59 Å². The Morgan fingerprint density at radius 3 is 2.67 bits per heavy atom. The van der Waals surface area contributed by atoms with Gasteiger partial charge in [-0.1, -0.05) is 31.6 Å². The molecule has 0 aromatic rings. The molecular weight excluding hydrogens is 268 g/mol. The Morgan fingerprint density at radius 1 is 1.29 bits per heavy atom. The van der Waals surface area contributed by atoms with Crippen LogP contribution < -0.4 is 0 Å². The molecule has 1 heterocycles. The lowest BCUT2D eigenvalue weighted by molar-refractivity contribution is -0.147. The highest BCUT2D eigenvalue weighted by molar-refractivity contribution is 5.90. The molecule has 0 bridgehead atoms. The van der Waals surface area contributed by atoms with Crippen molar-refractivity contribution >= 4 is 11.9 Å². The fourth-order valence-electron chi connectivity index (χ4n) is 4.10. The van der Waals surface area contributed by atoms with Gasteiger partial charge in [-0.3, -0.25) is 4.79 Å². The molecule has 0 saturated carbocycles. The van der Waals surface area contributed by atoms with Gasteiger partial charge in [-0.25, -0.2) is 4.79 Å². The molecule has 0 N–H and O–H groups in total.